The first-order valence-corrected chi connectivity index (χ1v) is 8.89. The number of esters is 1. The molecule has 2 aliphatic rings. The van der Waals surface area contributed by atoms with E-state index in [-0.39, 0.29) is 29.2 Å². The maximum absolute atomic E-state index is 12.6. The van der Waals surface area contributed by atoms with Crippen molar-refractivity contribution in [2.24, 2.45) is 11.8 Å². The number of nitrogens with one attached hydrogen (secondary N) is 1. The summed E-state index contributed by atoms with van der Waals surface area (Å²) < 4.78 is 9.91. The van der Waals surface area contributed by atoms with Gasteiger partial charge < -0.3 is 19.7 Å². The second-order valence-corrected chi connectivity index (χ2v) is 6.77. The maximum Gasteiger partial charge on any atom is 0.340 e. The summed E-state index contributed by atoms with van der Waals surface area (Å²) in [6.45, 7) is 1.22. The van der Waals surface area contributed by atoms with Crippen molar-refractivity contribution in [1.29, 1.82) is 0 Å². The smallest absolute Gasteiger partial charge is 0.340 e. The van der Waals surface area contributed by atoms with Gasteiger partial charge in [-0.1, -0.05) is 0 Å². The molecule has 1 saturated carbocycles. The summed E-state index contributed by atoms with van der Waals surface area (Å²) in [6.07, 6.45) is 3.25. The number of benzene rings is 1. The second kappa shape index (κ2) is 7.76. The Morgan fingerprint density at radius 2 is 1.73 bits per heavy atom. The second-order valence-electron chi connectivity index (χ2n) is 6.77. The molecule has 0 aromatic heterocycles. The summed E-state index contributed by atoms with van der Waals surface area (Å²) in [5.74, 6) is 0.0957. The first kappa shape index (κ1) is 18.2. The van der Waals surface area contributed by atoms with Crippen LogP contribution in [0.4, 0.5) is 5.69 Å². The van der Waals surface area contributed by atoms with Crippen LogP contribution in [0.25, 0.3) is 0 Å². The van der Waals surface area contributed by atoms with Crippen molar-refractivity contribution in [3.05, 3.63) is 23.8 Å². The molecular weight excluding hydrogens is 336 g/mol. The van der Waals surface area contributed by atoms with Crippen LogP contribution in [0.1, 0.15) is 36.0 Å². The maximum atomic E-state index is 12.6. The molecule has 0 bridgehead atoms. The van der Waals surface area contributed by atoms with Crippen molar-refractivity contribution < 1.29 is 23.9 Å². The number of anilines is 1. The fourth-order valence-corrected chi connectivity index (χ4v) is 3.22. The first-order chi connectivity index (χ1) is 12.5. The van der Waals surface area contributed by atoms with Crippen LogP contribution in [0.2, 0.25) is 0 Å². The summed E-state index contributed by atoms with van der Waals surface area (Å²) in [5.41, 5.74) is 0.653. The third-order valence-electron chi connectivity index (χ3n) is 4.99. The number of hydrogen-bond donors (Lipinski definition) is 1. The first-order valence-electron chi connectivity index (χ1n) is 8.89. The zero-order chi connectivity index (χ0) is 18.7. The normalized spacial score (nSPS) is 17.5. The summed E-state index contributed by atoms with van der Waals surface area (Å²) in [4.78, 5) is 38.6. The van der Waals surface area contributed by atoms with Crippen molar-refractivity contribution in [1.82, 2.24) is 4.90 Å². The number of carbonyl (C=O) groups excluding carboxylic acids is 3. The highest BCUT2D eigenvalue weighted by Crippen LogP contribution is 2.32. The number of ether oxygens (including phenoxy) is 2. The monoisotopic (exact) mass is 360 g/mol. The van der Waals surface area contributed by atoms with Crippen LogP contribution in [0.3, 0.4) is 0 Å². The molecule has 2 fully saturated rings. The third kappa shape index (κ3) is 3.98. The highest BCUT2D eigenvalue weighted by Gasteiger charge is 2.36. The van der Waals surface area contributed by atoms with Crippen molar-refractivity contribution in [2.45, 2.75) is 25.7 Å². The molecule has 7 heteroatoms. The van der Waals surface area contributed by atoms with Crippen molar-refractivity contribution in [2.75, 3.05) is 32.6 Å². The van der Waals surface area contributed by atoms with E-state index in [4.69, 9.17) is 9.47 Å². The number of hydrogen-bond acceptors (Lipinski definition) is 5. The van der Waals surface area contributed by atoms with Gasteiger partial charge in [0.25, 0.3) is 0 Å². The molecule has 1 aliphatic carbocycles. The Balaban J connectivity index is 1.63. The summed E-state index contributed by atoms with van der Waals surface area (Å²) in [7, 11) is 2.80. The molecule has 0 radical (unpaired) electrons. The van der Waals surface area contributed by atoms with Crippen LogP contribution in [0.5, 0.6) is 5.75 Å². The zero-order valence-corrected chi connectivity index (χ0v) is 15.1. The van der Waals surface area contributed by atoms with Gasteiger partial charge in [-0.05, 0) is 43.9 Å². The molecule has 1 heterocycles. The van der Waals surface area contributed by atoms with E-state index in [0.29, 0.717) is 37.4 Å². The SMILES string of the molecule is COC(=O)c1cc(OC)ccc1NC(=O)C1CCN(C(=O)C2CC2)CC1. The molecule has 140 valence electrons. The van der Waals surface area contributed by atoms with Gasteiger partial charge in [-0.2, -0.15) is 0 Å². The molecule has 1 saturated heterocycles. The Hall–Kier alpha value is -2.57. The number of amides is 2. The number of methoxy groups -OCH3 is 2. The largest absolute Gasteiger partial charge is 0.497 e. The minimum atomic E-state index is -0.538. The van der Waals surface area contributed by atoms with Gasteiger partial charge in [0, 0.05) is 24.9 Å². The number of nitrogens with zero attached hydrogens (tertiary/aromatic N) is 1. The highest BCUT2D eigenvalue weighted by atomic mass is 16.5. The third-order valence-corrected chi connectivity index (χ3v) is 4.99. The summed E-state index contributed by atoms with van der Waals surface area (Å²) >= 11 is 0. The lowest BCUT2D eigenvalue weighted by Crippen LogP contribution is -2.42. The molecule has 0 spiro atoms. The number of carbonyl (C=O) groups is 3. The van der Waals surface area contributed by atoms with Gasteiger partial charge >= 0.3 is 5.97 Å². The highest BCUT2D eigenvalue weighted by molar-refractivity contribution is 6.02. The van der Waals surface area contributed by atoms with Crippen LogP contribution < -0.4 is 10.1 Å². The van der Waals surface area contributed by atoms with Crippen LogP contribution in [0.15, 0.2) is 18.2 Å². The number of rotatable bonds is 5. The van der Waals surface area contributed by atoms with Gasteiger partial charge in [0.2, 0.25) is 11.8 Å². The fraction of sp³-hybridized carbons (Fsp3) is 0.526. The predicted octanol–water partition coefficient (Wildman–Crippen LogP) is 2.07. The molecule has 26 heavy (non-hydrogen) atoms. The van der Waals surface area contributed by atoms with Crippen LogP contribution in [-0.4, -0.2) is 50.0 Å². The number of likely N-dealkylation sites (tertiary alicyclic amines) is 1. The molecule has 2 amide bonds. The van der Waals surface area contributed by atoms with E-state index in [1.165, 1.54) is 14.2 Å². The molecule has 0 atom stereocenters. The molecule has 1 aliphatic heterocycles. The molecule has 1 aromatic carbocycles. The molecule has 3 rings (SSSR count). The lowest BCUT2D eigenvalue weighted by atomic mass is 9.95. The van der Waals surface area contributed by atoms with E-state index in [1.807, 2.05) is 4.90 Å². The zero-order valence-electron chi connectivity index (χ0n) is 15.1. The van der Waals surface area contributed by atoms with E-state index in [2.05, 4.69) is 5.32 Å². The Kier molecular flexibility index (Phi) is 5.44. The summed E-state index contributed by atoms with van der Waals surface area (Å²) in [6, 6.07) is 4.85. The Bertz CT molecular complexity index is 706. The van der Waals surface area contributed by atoms with E-state index in [0.717, 1.165) is 12.8 Å². The molecule has 1 aromatic rings. The molecule has 0 unspecified atom stereocenters. The average Bonchev–Trinajstić information content (AvgIpc) is 3.52. The van der Waals surface area contributed by atoms with Crippen molar-refractivity contribution in [3.63, 3.8) is 0 Å². The minimum absolute atomic E-state index is 0.140. The van der Waals surface area contributed by atoms with Gasteiger partial charge in [-0.15, -0.1) is 0 Å². The molecule has 7 nitrogen and oxygen atoms in total. The van der Waals surface area contributed by atoms with E-state index >= 15 is 0 Å². The Morgan fingerprint density at radius 1 is 1.04 bits per heavy atom. The van der Waals surface area contributed by atoms with E-state index in [1.54, 1.807) is 18.2 Å². The lowest BCUT2D eigenvalue weighted by molar-refractivity contribution is -0.135. The van der Waals surface area contributed by atoms with Crippen LogP contribution in [0, 0.1) is 11.8 Å². The van der Waals surface area contributed by atoms with Gasteiger partial charge in [0.1, 0.15) is 5.75 Å². The quantitative estimate of drug-likeness (QED) is 0.813. The minimum Gasteiger partial charge on any atom is -0.497 e. The van der Waals surface area contributed by atoms with Crippen molar-refractivity contribution >= 4 is 23.5 Å². The van der Waals surface area contributed by atoms with Gasteiger partial charge in [-0.3, -0.25) is 9.59 Å². The van der Waals surface area contributed by atoms with Gasteiger partial charge in [-0.25, -0.2) is 4.79 Å². The van der Waals surface area contributed by atoms with E-state index < -0.39 is 5.97 Å². The van der Waals surface area contributed by atoms with Crippen LogP contribution in [-0.2, 0) is 14.3 Å². The topological polar surface area (TPSA) is 84.9 Å². The average molecular weight is 360 g/mol. The predicted molar refractivity (Wildman–Crippen MR) is 95.0 cm³/mol. The Labute approximate surface area is 152 Å². The Morgan fingerprint density at radius 3 is 2.31 bits per heavy atom. The van der Waals surface area contributed by atoms with Crippen LogP contribution >= 0.6 is 0 Å². The fourth-order valence-electron chi connectivity index (χ4n) is 3.22. The van der Waals surface area contributed by atoms with E-state index in [9.17, 15) is 14.4 Å². The lowest BCUT2D eigenvalue weighted by Gasteiger charge is -2.31. The van der Waals surface area contributed by atoms with Crippen molar-refractivity contribution in [3.8, 4) is 5.75 Å². The molecule has 1 N–H and O–H groups in total. The molecular formula is C19H24N2O5. The van der Waals surface area contributed by atoms with Gasteiger partial charge in [0.15, 0.2) is 0 Å². The van der Waals surface area contributed by atoms with Gasteiger partial charge in [0.05, 0.1) is 25.5 Å². The summed E-state index contributed by atoms with van der Waals surface area (Å²) in [5, 5.41) is 2.83. The number of piperidine rings is 1. The standard InChI is InChI=1S/C19H24N2O5/c1-25-14-5-6-16(15(11-14)19(24)26-2)20-17(22)12-7-9-21(10-8-12)18(23)13-3-4-13/h5-6,11-13H,3-4,7-10H2,1-2H3,(H,20,22).